The SMILES string of the molecule is CC(=O)c1ccccc1NC(=O)Cc1noc2c(C)cc(C)cc12. The summed E-state index contributed by atoms with van der Waals surface area (Å²) in [6.45, 7) is 5.42. The molecule has 1 heterocycles. The summed E-state index contributed by atoms with van der Waals surface area (Å²) >= 11 is 0. The molecule has 0 saturated carbocycles. The van der Waals surface area contributed by atoms with E-state index < -0.39 is 0 Å². The van der Waals surface area contributed by atoms with E-state index in [4.69, 9.17) is 4.52 Å². The second-order valence-corrected chi connectivity index (χ2v) is 5.91. The van der Waals surface area contributed by atoms with Gasteiger partial charge >= 0.3 is 0 Å². The largest absolute Gasteiger partial charge is 0.356 e. The van der Waals surface area contributed by atoms with E-state index in [2.05, 4.69) is 10.5 Å². The standard InChI is InChI=1S/C19H18N2O3/c1-11-8-12(2)19-15(9-11)17(21-24-19)10-18(23)20-16-7-5-4-6-14(16)13(3)22/h4-9H,10H2,1-3H3,(H,20,23). The molecular weight excluding hydrogens is 304 g/mol. The number of hydrogen-bond donors (Lipinski definition) is 1. The fourth-order valence-corrected chi connectivity index (χ4v) is 2.81. The van der Waals surface area contributed by atoms with Crippen molar-refractivity contribution in [3.05, 3.63) is 58.8 Å². The number of carbonyl (C=O) groups is 2. The number of nitrogens with zero attached hydrogens (tertiary/aromatic N) is 1. The van der Waals surface area contributed by atoms with Crippen LogP contribution in [-0.2, 0) is 11.2 Å². The van der Waals surface area contributed by atoms with Crippen molar-refractivity contribution in [3.63, 3.8) is 0 Å². The number of amides is 1. The van der Waals surface area contributed by atoms with Crippen LogP contribution in [0.1, 0.15) is 34.1 Å². The van der Waals surface area contributed by atoms with E-state index in [1.165, 1.54) is 6.92 Å². The molecule has 5 nitrogen and oxygen atoms in total. The normalized spacial score (nSPS) is 10.8. The second kappa shape index (κ2) is 6.28. The molecule has 0 bridgehead atoms. The van der Waals surface area contributed by atoms with E-state index >= 15 is 0 Å². The average Bonchev–Trinajstić information content (AvgIpc) is 2.90. The van der Waals surface area contributed by atoms with Crippen molar-refractivity contribution in [1.82, 2.24) is 5.16 Å². The lowest BCUT2D eigenvalue weighted by molar-refractivity contribution is -0.115. The highest BCUT2D eigenvalue weighted by Crippen LogP contribution is 2.24. The van der Waals surface area contributed by atoms with E-state index in [0.29, 0.717) is 22.5 Å². The lowest BCUT2D eigenvalue weighted by atomic mass is 10.1. The first-order valence-electron chi connectivity index (χ1n) is 7.71. The van der Waals surface area contributed by atoms with Gasteiger partial charge in [-0.15, -0.1) is 0 Å². The zero-order valence-electron chi connectivity index (χ0n) is 13.8. The van der Waals surface area contributed by atoms with Crippen LogP contribution in [0.15, 0.2) is 40.9 Å². The minimum Gasteiger partial charge on any atom is -0.356 e. The smallest absolute Gasteiger partial charge is 0.230 e. The molecular formula is C19H18N2O3. The monoisotopic (exact) mass is 322 g/mol. The molecule has 0 radical (unpaired) electrons. The highest BCUT2D eigenvalue weighted by molar-refractivity contribution is 6.04. The van der Waals surface area contributed by atoms with E-state index in [1.807, 2.05) is 26.0 Å². The Labute approximate surface area is 139 Å². The first-order valence-corrected chi connectivity index (χ1v) is 7.71. The zero-order valence-corrected chi connectivity index (χ0v) is 13.8. The molecule has 0 unspecified atom stereocenters. The molecule has 2 aromatic carbocycles. The van der Waals surface area contributed by atoms with Crippen LogP contribution in [0.3, 0.4) is 0 Å². The number of ketones is 1. The van der Waals surface area contributed by atoms with Gasteiger partial charge in [0.15, 0.2) is 11.4 Å². The molecule has 5 heteroatoms. The molecule has 1 aromatic heterocycles. The van der Waals surface area contributed by atoms with Crippen LogP contribution < -0.4 is 5.32 Å². The summed E-state index contributed by atoms with van der Waals surface area (Å²) in [5, 5.41) is 7.67. The predicted molar refractivity (Wildman–Crippen MR) is 92.3 cm³/mol. The first kappa shape index (κ1) is 15.9. The summed E-state index contributed by atoms with van der Waals surface area (Å²) in [4.78, 5) is 24.0. The number of benzene rings is 2. The number of fused-ring (bicyclic) bond motifs is 1. The van der Waals surface area contributed by atoms with Crippen molar-refractivity contribution in [2.75, 3.05) is 5.32 Å². The van der Waals surface area contributed by atoms with Gasteiger partial charge in [0.2, 0.25) is 5.91 Å². The Balaban J connectivity index is 1.85. The van der Waals surface area contributed by atoms with Crippen LogP contribution in [0.4, 0.5) is 5.69 Å². The van der Waals surface area contributed by atoms with Gasteiger partial charge in [-0.05, 0) is 50.1 Å². The second-order valence-electron chi connectivity index (χ2n) is 5.91. The van der Waals surface area contributed by atoms with Crippen LogP contribution in [0.25, 0.3) is 11.0 Å². The minimum atomic E-state index is -0.238. The number of aromatic nitrogens is 1. The van der Waals surface area contributed by atoms with Crippen LogP contribution >= 0.6 is 0 Å². The van der Waals surface area contributed by atoms with Crippen LogP contribution in [-0.4, -0.2) is 16.8 Å². The number of para-hydroxylation sites is 1. The van der Waals surface area contributed by atoms with Gasteiger partial charge in [0.25, 0.3) is 0 Å². The summed E-state index contributed by atoms with van der Waals surface area (Å²) in [6, 6.07) is 10.9. The fourth-order valence-electron chi connectivity index (χ4n) is 2.81. The minimum absolute atomic E-state index is 0.0854. The summed E-state index contributed by atoms with van der Waals surface area (Å²) in [5.74, 6) is -0.331. The summed E-state index contributed by atoms with van der Waals surface area (Å²) in [6.07, 6.45) is 0.0854. The van der Waals surface area contributed by atoms with Gasteiger partial charge in [-0.25, -0.2) is 0 Å². The molecule has 1 amide bonds. The summed E-state index contributed by atoms with van der Waals surface area (Å²) < 4.78 is 5.36. The molecule has 0 aliphatic rings. The Kier molecular flexibility index (Phi) is 4.16. The van der Waals surface area contributed by atoms with Crippen LogP contribution in [0.5, 0.6) is 0 Å². The van der Waals surface area contributed by atoms with Crippen molar-refractivity contribution in [2.24, 2.45) is 0 Å². The van der Waals surface area contributed by atoms with Gasteiger partial charge in [-0.3, -0.25) is 9.59 Å². The Morgan fingerprint density at radius 2 is 1.92 bits per heavy atom. The third kappa shape index (κ3) is 3.06. The maximum Gasteiger partial charge on any atom is 0.230 e. The van der Waals surface area contributed by atoms with E-state index in [1.54, 1.807) is 24.3 Å². The molecule has 1 N–H and O–H groups in total. The Morgan fingerprint density at radius 3 is 2.67 bits per heavy atom. The number of anilines is 1. The van der Waals surface area contributed by atoms with Gasteiger partial charge in [0.1, 0.15) is 5.69 Å². The third-order valence-corrected chi connectivity index (χ3v) is 3.89. The molecule has 0 aliphatic carbocycles. The van der Waals surface area contributed by atoms with Crippen molar-refractivity contribution in [3.8, 4) is 0 Å². The van der Waals surface area contributed by atoms with E-state index in [-0.39, 0.29) is 18.1 Å². The van der Waals surface area contributed by atoms with Crippen molar-refractivity contribution in [1.29, 1.82) is 0 Å². The maximum atomic E-state index is 12.4. The van der Waals surface area contributed by atoms with Crippen LogP contribution in [0.2, 0.25) is 0 Å². The number of nitrogens with one attached hydrogen (secondary N) is 1. The Bertz CT molecular complexity index is 941. The predicted octanol–water partition coefficient (Wildman–Crippen LogP) is 3.83. The number of aryl methyl sites for hydroxylation is 2. The van der Waals surface area contributed by atoms with Crippen LogP contribution in [0, 0.1) is 13.8 Å². The quantitative estimate of drug-likeness (QED) is 0.741. The summed E-state index contributed by atoms with van der Waals surface area (Å²) in [7, 11) is 0. The molecule has 0 spiro atoms. The molecule has 3 aromatic rings. The number of Topliss-reactive ketones (excluding diaryl/α,β-unsaturated/α-hetero) is 1. The highest BCUT2D eigenvalue weighted by Gasteiger charge is 2.16. The lowest BCUT2D eigenvalue weighted by Crippen LogP contribution is -2.16. The molecule has 0 atom stereocenters. The molecule has 3 rings (SSSR count). The molecule has 24 heavy (non-hydrogen) atoms. The number of rotatable bonds is 4. The Morgan fingerprint density at radius 1 is 1.17 bits per heavy atom. The van der Waals surface area contributed by atoms with Gasteiger partial charge in [-0.2, -0.15) is 0 Å². The highest BCUT2D eigenvalue weighted by atomic mass is 16.5. The van der Waals surface area contributed by atoms with Crippen molar-refractivity contribution in [2.45, 2.75) is 27.2 Å². The van der Waals surface area contributed by atoms with E-state index in [9.17, 15) is 9.59 Å². The molecule has 0 saturated heterocycles. The van der Waals surface area contributed by atoms with Crippen molar-refractivity contribution >= 4 is 28.3 Å². The molecule has 122 valence electrons. The molecule has 0 fully saturated rings. The average molecular weight is 322 g/mol. The van der Waals surface area contributed by atoms with Gasteiger partial charge in [-0.1, -0.05) is 23.4 Å². The summed E-state index contributed by atoms with van der Waals surface area (Å²) in [5.41, 5.74) is 4.37. The third-order valence-electron chi connectivity index (χ3n) is 3.89. The first-order chi connectivity index (χ1) is 11.5. The van der Waals surface area contributed by atoms with Gasteiger partial charge in [0, 0.05) is 10.9 Å². The number of carbonyl (C=O) groups excluding carboxylic acids is 2. The lowest BCUT2D eigenvalue weighted by Gasteiger charge is -2.08. The zero-order chi connectivity index (χ0) is 17.3. The maximum absolute atomic E-state index is 12.4. The Hall–Kier alpha value is -2.95. The topological polar surface area (TPSA) is 72.2 Å². The van der Waals surface area contributed by atoms with Crippen molar-refractivity contribution < 1.29 is 14.1 Å². The number of hydrogen-bond acceptors (Lipinski definition) is 4. The fraction of sp³-hybridized carbons (Fsp3) is 0.211. The van der Waals surface area contributed by atoms with Gasteiger partial charge < -0.3 is 9.84 Å². The molecule has 0 aliphatic heterocycles. The van der Waals surface area contributed by atoms with E-state index in [0.717, 1.165) is 16.5 Å². The van der Waals surface area contributed by atoms with Gasteiger partial charge in [0.05, 0.1) is 12.1 Å².